The first-order valence-electron chi connectivity index (χ1n) is 9.28. The molecule has 4 rings (SSSR count). The highest BCUT2D eigenvalue weighted by molar-refractivity contribution is 5.85. The maximum absolute atomic E-state index is 13.3. The predicted molar refractivity (Wildman–Crippen MR) is 109 cm³/mol. The molecule has 0 atom stereocenters. The van der Waals surface area contributed by atoms with Gasteiger partial charge in [-0.2, -0.15) is 0 Å². The smallest absolute Gasteiger partial charge is 0.262 e. The highest BCUT2D eigenvalue weighted by Crippen LogP contribution is 2.21. The van der Waals surface area contributed by atoms with Crippen LogP contribution in [0.1, 0.15) is 20.3 Å². The van der Waals surface area contributed by atoms with Gasteiger partial charge in [0.25, 0.3) is 11.1 Å². The van der Waals surface area contributed by atoms with Crippen LogP contribution in [-0.2, 0) is 13.1 Å². The Morgan fingerprint density at radius 1 is 0.889 bits per heavy atom. The summed E-state index contributed by atoms with van der Waals surface area (Å²) in [7, 11) is 0. The average molecular weight is 359 g/mol. The maximum Gasteiger partial charge on any atom is 0.262 e. The Labute approximate surface area is 156 Å². The number of pyridine rings is 1. The van der Waals surface area contributed by atoms with Crippen LogP contribution in [-0.4, -0.2) is 14.1 Å². The summed E-state index contributed by atoms with van der Waals surface area (Å²) in [6.07, 6.45) is 0.846. The standard InChI is InChI=1S/C22H21N3O2/c1-3-13-25-19-12-8-5-9-15(19)14-17(22(25)27)20-23-18-11-7-6-10-16(18)21(26)24(20)4-2/h5-12,14H,3-4,13H2,1-2H3. The lowest BCUT2D eigenvalue weighted by atomic mass is 10.1. The van der Waals surface area contributed by atoms with E-state index in [1.165, 1.54) is 0 Å². The minimum atomic E-state index is -0.118. The molecule has 0 saturated carbocycles. The van der Waals surface area contributed by atoms with Gasteiger partial charge in [-0.15, -0.1) is 0 Å². The van der Waals surface area contributed by atoms with E-state index in [-0.39, 0.29) is 11.1 Å². The summed E-state index contributed by atoms with van der Waals surface area (Å²) in [5, 5.41) is 1.53. The van der Waals surface area contributed by atoms with Crippen LogP contribution >= 0.6 is 0 Å². The first-order valence-corrected chi connectivity index (χ1v) is 9.28. The Morgan fingerprint density at radius 2 is 1.63 bits per heavy atom. The van der Waals surface area contributed by atoms with Gasteiger partial charge in [0.05, 0.1) is 22.0 Å². The Hall–Kier alpha value is -3.21. The third-order valence-corrected chi connectivity index (χ3v) is 4.87. The van der Waals surface area contributed by atoms with Crippen molar-refractivity contribution in [3.05, 3.63) is 75.3 Å². The van der Waals surface area contributed by atoms with E-state index in [1.54, 1.807) is 15.2 Å². The number of aromatic nitrogens is 3. The van der Waals surface area contributed by atoms with Crippen molar-refractivity contribution in [3.63, 3.8) is 0 Å². The van der Waals surface area contributed by atoms with Gasteiger partial charge in [-0.05, 0) is 43.0 Å². The van der Waals surface area contributed by atoms with Crippen LogP contribution < -0.4 is 11.1 Å². The van der Waals surface area contributed by atoms with Gasteiger partial charge in [-0.25, -0.2) is 4.98 Å². The molecular weight excluding hydrogens is 338 g/mol. The third kappa shape index (κ3) is 2.76. The summed E-state index contributed by atoms with van der Waals surface area (Å²) in [6, 6.07) is 16.9. The first-order chi connectivity index (χ1) is 13.2. The van der Waals surface area contributed by atoms with Crippen molar-refractivity contribution in [1.82, 2.24) is 14.1 Å². The topological polar surface area (TPSA) is 56.9 Å². The molecule has 0 unspecified atom stereocenters. The Balaban J connectivity index is 2.13. The molecule has 0 saturated heterocycles. The molecule has 27 heavy (non-hydrogen) atoms. The van der Waals surface area contributed by atoms with Gasteiger partial charge in [-0.1, -0.05) is 37.3 Å². The van der Waals surface area contributed by atoms with Crippen LogP contribution in [0.15, 0.2) is 64.2 Å². The number of para-hydroxylation sites is 2. The fraction of sp³-hybridized carbons (Fsp3) is 0.227. The van der Waals surface area contributed by atoms with E-state index in [2.05, 4.69) is 0 Å². The summed E-state index contributed by atoms with van der Waals surface area (Å²) >= 11 is 0. The normalized spacial score (nSPS) is 11.3. The lowest BCUT2D eigenvalue weighted by Crippen LogP contribution is -2.28. The summed E-state index contributed by atoms with van der Waals surface area (Å²) in [4.78, 5) is 30.9. The molecule has 0 aliphatic heterocycles. The van der Waals surface area contributed by atoms with E-state index >= 15 is 0 Å². The van der Waals surface area contributed by atoms with Gasteiger partial charge < -0.3 is 4.57 Å². The fourth-order valence-electron chi connectivity index (χ4n) is 3.60. The van der Waals surface area contributed by atoms with E-state index < -0.39 is 0 Å². The molecule has 5 nitrogen and oxygen atoms in total. The lowest BCUT2D eigenvalue weighted by molar-refractivity contribution is 0.675. The maximum atomic E-state index is 13.3. The van der Waals surface area contributed by atoms with Crippen molar-refractivity contribution >= 4 is 21.8 Å². The molecule has 0 radical (unpaired) electrons. The second-order valence-corrected chi connectivity index (χ2v) is 6.58. The molecule has 4 aromatic rings. The zero-order valence-corrected chi connectivity index (χ0v) is 15.5. The highest BCUT2D eigenvalue weighted by atomic mass is 16.1. The summed E-state index contributed by atoms with van der Waals surface area (Å²) in [6.45, 7) is 5.01. The highest BCUT2D eigenvalue weighted by Gasteiger charge is 2.17. The Morgan fingerprint density at radius 3 is 2.41 bits per heavy atom. The number of hydrogen-bond acceptors (Lipinski definition) is 3. The van der Waals surface area contributed by atoms with E-state index in [0.29, 0.717) is 35.4 Å². The van der Waals surface area contributed by atoms with Gasteiger partial charge in [0.15, 0.2) is 0 Å². The number of fused-ring (bicyclic) bond motifs is 2. The van der Waals surface area contributed by atoms with Crippen molar-refractivity contribution in [1.29, 1.82) is 0 Å². The van der Waals surface area contributed by atoms with Gasteiger partial charge in [0, 0.05) is 13.1 Å². The number of aryl methyl sites for hydroxylation is 1. The molecule has 2 aromatic carbocycles. The molecule has 0 bridgehead atoms. The molecule has 0 aliphatic rings. The van der Waals surface area contributed by atoms with E-state index in [9.17, 15) is 9.59 Å². The zero-order chi connectivity index (χ0) is 19.0. The molecule has 0 aliphatic carbocycles. The molecular formula is C22H21N3O2. The SMILES string of the molecule is CCCn1c(=O)c(-c2nc3ccccc3c(=O)n2CC)cc2ccccc21. The predicted octanol–water partition coefficient (Wildman–Crippen LogP) is 3.81. The summed E-state index contributed by atoms with van der Waals surface area (Å²) in [5.41, 5.74) is 1.75. The number of benzene rings is 2. The van der Waals surface area contributed by atoms with Crippen LogP contribution in [0.25, 0.3) is 33.2 Å². The van der Waals surface area contributed by atoms with E-state index in [1.807, 2.05) is 62.4 Å². The Kier molecular flexibility index (Phi) is 4.36. The molecule has 2 aromatic heterocycles. The number of nitrogens with zero attached hydrogens (tertiary/aromatic N) is 3. The van der Waals surface area contributed by atoms with Gasteiger partial charge >= 0.3 is 0 Å². The monoisotopic (exact) mass is 359 g/mol. The lowest BCUT2D eigenvalue weighted by Gasteiger charge is -2.15. The van der Waals surface area contributed by atoms with E-state index in [0.717, 1.165) is 17.3 Å². The van der Waals surface area contributed by atoms with Gasteiger partial charge in [0.2, 0.25) is 0 Å². The second-order valence-electron chi connectivity index (χ2n) is 6.58. The molecule has 0 N–H and O–H groups in total. The van der Waals surface area contributed by atoms with Crippen molar-refractivity contribution in [2.24, 2.45) is 0 Å². The number of rotatable bonds is 4. The quantitative estimate of drug-likeness (QED) is 0.557. The molecule has 5 heteroatoms. The average Bonchev–Trinajstić information content (AvgIpc) is 2.70. The minimum Gasteiger partial charge on any atom is -0.308 e. The van der Waals surface area contributed by atoms with Crippen molar-refractivity contribution in [3.8, 4) is 11.4 Å². The van der Waals surface area contributed by atoms with Gasteiger partial charge in [-0.3, -0.25) is 14.2 Å². The minimum absolute atomic E-state index is 0.111. The van der Waals surface area contributed by atoms with Crippen LogP contribution in [0.5, 0.6) is 0 Å². The number of hydrogen-bond donors (Lipinski definition) is 0. The van der Waals surface area contributed by atoms with Crippen LogP contribution in [0, 0.1) is 0 Å². The van der Waals surface area contributed by atoms with Crippen molar-refractivity contribution in [2.75, 3.05) is 0 Å². The summed E-state index contributed by atoms with van der Waals surface area (Å²) < 4.78 is 3.37. The molecule has 136 valence electrons. The van der Waals surface area contributed by atoms with Gasteiger partial charge in [0.1, 0.15) is 5.82 Å². The fourth-order valence-corrected chi connectivity index (χ4v) is 3.60. The largest absolute Gasteiger partial charge is 0.308 e. The first kappa shape index (κ1) is 17.2. The molecule has 0 amide bonds. The second kappa shape index (κ2) is 6.83. The Bertz CT molecular complexity index is 1270. The molecule has 2 heterocycles. The zero-order valence-electron chi connectivity index (χ0n) is 15.5. The van der Waals surface area contributed by atoms with Crippen molar-refractivity contribution < 1.29 is 0 Å². The third-order valence-electron chi connectivity index (χ3n) is 4.87. The molecule has 0 spiro atoms. The summed E-state index contributed by atoms with van der Waals surface area (Å²) in [5.74, 6) is 0.432. The van der Waals surface area contributed by atoms with E-state index in [4.69, 9.17) is 4.98 Å². The van der Waals surface area contributed by atoms with Crippen molar-refractivity contribution in [2.45, 2.75) is 33.4 Å². The molecule has 0 fully saturated rings. The van der Waals surface area contributed by atoms with Crippen LogP contribution in [0.3, 0.4) is 0 Å². The van der Waals surface area contributed by atoms with Crippen LogP contribution in [0.2, 0.25) is 0 Å². The van der Waals surface area contributed by atoms with Crippen LogP contribution in [0.4, 0.5) is 0 Å².